The van der Waals surface area contributed by atoms with E-state index in [1.165, 1.54) is 25.7 Å². The van der Waals surface area contributed by atoms with E-state index in [-0.39, 0.29) is 31.0 Å². The number of aliphatic hydroxyl groups is 1. The Balaban J connectivity index is 2.00. The normalized spacial score (nSPS) is 34.3. The van der Waals surface area contributed by atoms with Gasteiger partial charge < -0.3 is 19.3 Å². The molecule has 124 valence electrons. The van der Waals surface area contributed by atoms with Crippen LogP contribution in [-0.4, -0.2) is 41.9 Å². The molecule has 0 radical (unpaired) electrons. The molecule has 21 heavy (non-hydrogen) atoms. The third-order valence-corrected chi connectivity index (χ3v) is 4.75. The lowest BCUT2D eigenvalue weighted by atomic mass is 10.0. The minimum Gasteiger partial charge on any atom is -0.394 e. The van der Waals surface area contributed by atoms with Crippen molar-refractivity contribution in [1.82, 2.24) is 0 Å². The Morgan fingerprint density at radius 3 is 2.00 bits per heavy atom. The molecule has 4 nitrogen and oxygen atoms in total. The Kier molecular flexibility index (Phi) is 6.48. The molecule has 0 spiro atoms. The quantitative estimate of drug-likeness (QED) is 0.663. The zero-order chi connectivity index (χ0) is 15.3. The van der Waals surface area contributed by atoms with Crippen LogP contribution >= 0.6 is 0 Å². The van der Waals surface area contributed by atoms with Crippen molar-refractivity contribution < 1.29 is 19.3 Å². The molecule has 0 aromatic carbocycles. The summed E-state index contributed by atoms with van der Waals surface area (Å²) in [5, 5.41) is 9.47. The maximum absolute atomic E-state index is 9.47. The van der Waals surface area contributed by atoms with Gasteiger partial charge in [-0.2, -0.15) is 0 Å². The highest BCUT2D eigenvalue weighted by Crippen LogP contribution is 2.43. The molecule has 2 aliphatic heterocycles. The van der Waals surface area contributed by atoms with Gasteiger partial charge >= 0.3 is 0 Å². The molecule has 2 rings (SSSR count). The summed E-state index contributed by atoms with van der Waals surface area (Å²) in [5.41, 5.74) is 0. The molecule has 2 fully saturated rings. The second-order valence-corrected chi connectivity index (χ2v) is 6.55. The van der Waals surface area contributed by atoms with Crippen molar-refractivity contribution >= 4 is 0 Å². The van der Waals surface area contributed by atoms with Crippen LogP contribution in [0.2, 0.25) is 0 Å². The molecule has 0 bridgehead atoms. The van der Waals surface area contributed by atoms with Crippen LogP contribution in [0, 0.1) is 0 Å². The first-order chi connectivity index (χ1) is 10.2. The van der Waals surface area contributed by atoms with Crippen LogP contribution in [0.25, 0.3) is 0 Å². The lowest BCUT2D eigenvalue weighted by Gasteiger charge is -2.31. The number of hydrogen-bond donors (Lipinski definition) is 1. The topological polar surface area (TPSA) is 47.9 Å². The number of unbranched alkanes of at least 4 members (excludes halogenated alkanes) is 4. The molecule has 2 saturated heterocycles. The fraction of sp³-hybridized carbons (Fsp3) is 1.00. The van der Waals surface area contributed by atoms with E-state index in [2.05, 4.69) is 13.8 Å². The lowest BCUT2D eigenvalue weighted by Crippen LogP contribution is -2.36. The molecule has 0 aliphatic carbocycles. The SMILES string of the molecule is CCCCCC1(CCCCC)OC2[C@@H](CO)O[C@@H](C)[C@H]2O1. The Morgan fingerprint density at radius 2 is 1.48 bits per heavy atom. The molecule has 1 unspecified atom stereocenters. The second kappa shape index (κ2) is 7.91. The second-order valence-electron chi connectivity index (χ2n) is 6.55. The monoisotopic (exact) mass is 300 g/mol. The van der Waals surface area contributed by atoms with Gasteiger partial charge in [0.1, 0.15) is 18.3 Å². The van der Waals surface area contributed by atoms with Gasteiger partial charge in [-0.15, -0.1) is 0 Å². The van der Waals surface area contributed by atoms with Crippen molar-refractivity contribution in [2.24, 2.45) is 0 Å². The van der Waals surface area contributed by atoms with Gasteiger partial charge in [0, 0.05) is 12.8 Å². The highest BCUT2D eigenvalue weighted by Gasteiger charge is 2.56. The highest BCUT2D eigenvalue weighted by atomic mass is 16.8. The summed E-state index contributed by atoms with van der Waals surface area (Å²) in [6.07, 6.45) is 8.69. The van der Waals surface area contributed by atoms with Crippen molar-refractivity contribution in [2.45, 2.75) is 102 Å². The summed E-state index contributed by atoms with van der Waals surface area (Å²) in [4.78, 5) is 0. The summed E-state index contributed by atoms with van der Waals surface area (Å²) >= 11 is 0. The number of rotatable bonds is 9. The maximum Gasteiger partial charge on any atom is 0.169 e. The van der Waals surface area contributed by atoms with Crippen LogP contribution in [0.3, 0.4) is 0 Å². The first-order valence-electron chi connectivity index (χ1n) is 8.77. The minimum absolute atomic E-state index is 0.00590. The van der Waals surface area contributed by atoms with Gasteiger partial charge in [0.25, 0.3) is 0 Å². The van der Waals surface area contributed by atoms with Crippen LogP contribution < -0.4 is 0 Å². The summed E-state index contributed by atoms with van der Waals surface area (Å²) in [5.74, 6) is -0.439. The molecule has 1 N–H and O–H groups in total. The molecular formula is C17H32O4. The molecule has 2 aliphatic rings. The van der Waals surface area contributed by atoms with E-state index in [4.69, 9.17) is 14.2 Å². The summed E-state index contributed by atoms with van der Waals surface area (Å²) < 4.78 is 18.4. The van der Waals surface area contributed by atoms with Crippen LogP contribution in [0.5, 0.6) is 0 Å². The molecule has 2 heterocycles. The predicted octanol–water partition coefficient (Wildman–Crippen LogP) is 3.41. The van der Waals surface area contributed by atoms with E-state index in [0.717, 1.165) is 25.7 Å². The first kappa shape index (κ1) is 17.2. The van der Waals surface area contributed by atoms with Gasteiger partial charge in [0.05, 0.1) is 12.7 Å². The molecule has 4 atom stereocenters. The van der Waals surface area contributed by atoms with E-state index < -0.39 is 5.79 Å². The van der Waals surface area contributed by atoms with Gasteiger partial charge in [-0.25, -0.2) is 0 Å². The van der Waals surface area contributed by atoms with Gasteiger partial charge in [-0.1, -0.05) is 39.5 Å². The van der Waals surface area contributed by atoms with Crippen LogP contribution in [0.4, 0.5) is 0 Å². The van der Waals surface area contributed by atoms with Crippen LogP contribution in [0.1, 0.15) is 72.1 Å². The number of aliphatic hydroxyl groups excluding tert-OH is 1. The largest absolute Gasteiger partial charge is 0.394 e. The Hall–Kier alpha value is -0.160. The third kappa shape index (κ3) is 3.98. The van der Waals surface area contributed by atoms with Crippen molar-refractivity contribution in [3.8, 4) is 0 Å². The number of ether oxygens (including phenoxy) is 3. The molecule has 0 aromatic heterocycles. The van der Waals surface area contributed by atoms with Crippen molar-refractivity contribution in [1.29, 1.82) is 0 Å². The fourth-order valence-corrected chi connectivity index (χ4v) is 3.54. The van der Waals surface area contributed by atoms with Crippen LogP contribution in [0.15, 0.2) is 0 Å². The van der Waals surface area contributed by atoms with E-state index >= 15 is 0 Å². The summed E-state index contributed by atoms with van der Waals surface area (Å²) in [6.45, 7) is 6.46. The van der Waals surface area contributed by atoms with E-state index in [0.29, 0.717) is 0 Å². The summed E-state index contributed by atoms with van der Waals surface area (Å²) in [6, 6.07) is 0. The average molecular weight is 300 g/mol. The van der Waals surface area contributed by atoms with Crippen molar-refractivity contribution in [3.05, 3.63) is 0 Å². The van der Waals surface area contributed by atoms with Gasteiger partial charge in [0.15, 0.2) is 5.79 Å². The van der Waals surface area contributed by atoms with E-state index in [1.807, 2.05) is 6.92 Å². The average Bonchev–Trinajstić information content (AvgIpc) is 2.97. The van der Waals surface area contributed by atoms with E-state index in [9.17, 15) is 5.11 Å². The van der Waals surface area contributed by atoms with Gasteiger partial charge in [-0.3, -0.25) is 0 Å². The number of hydrogen-bond acceptors (Lipinski definition) is 4. The Bertz CT molecular complexity index is 297. The Labute approximate surface area is 129 Å². The fourth-order valence-electron chi connectivity index (χ4n) is 3.54. The maximum atomic E-state index is 9.47. The standard InChI is InChI=1S/C17H32O4/c1-4-6-8-10-17(11-9-7-5-2)20-15-13(3)19-14(12-18)16(15)21-17/h13-16,18H,4-12H2,1-3H3/t13-,14+,15+,16?/m0/s1. The molecule has 0 amide bonds. The van der Waals surface area contributed by atoms with Crippen LogP contribution in [-0.2, 0) is 14.2 Å². The highest BCUT2D eigenvalue weighted by molar-refractivity contribution is 4.98. The van der Waals surface area contributed by atoms with Crippen molar-refractivity contribution in [3.63, 3.8) is 0 Å². The molecule has 0 aromatic rings. The number of fused-ring (bicyclic) bond motifs is 1. The van der Waals surface area contributed by atoms with Crippen molar-refractivity contribution in [2.75, 3.05) is 6.61 Å². The van der Waals surface area contributed by atoms with Gasteiger partial charge in [0.2, 0.25) is 0 Å². The zero-order valence-electron chi connectivity index (χ0n) is 13.8. The summed E-state index contributed by atoms with van der Waals surface area (Å²) in [7, 11) is 0. The first-order valence-corrected chi connectivity index (χ1v) is 8.77. The zero-order valence-corrected chi connectivity index (χ0v) is 13.8. The lowest BCUT2D eigenvalue weighted by molar-refractivity contribution is -0.218. The third-order valence-electron chi connectivity index (χ3n) is 4.75. The molecule has 0 saturated carbocycles. The minimum atomic E-state index is -0.439. The van der Waals surface area contributed by atoms with Gasteiger partial charge in [-0.05, 0) is 19.8 Å². The smallest absolute Gasteiger partial charge is 0.169 e. The Morgan fingerprint density at radius 1 is 0.905 bits per heavy atom. The van der Waals surface area contributed by atoms with E-state index in [1.54, 1.807) is 0 Å². The molecular weight excluding hydrogens is 268 g/mol. The molecule has 4 heteroatoms. The predicted molar refractivity (Wildman–Crippen MR) is 82.2 cm³/mol.